The van der Waals surface area contributed by atoms with Crippen LogP contribution >= 0.6 is 0 Å². The zero-order chi connectivity index (χ0) is 27.2. The topological polar surface area (TPSA) is 52.6 Å². The van der Waals surface area contributed by atoms with Crippen molar-refractivity contribution >= 4 is 11.9 Å². The molecule has 4 nitrogen and oxygen atoms in total. The quantitative estimate of drug-likeness (QED) is 0.0721. The summed E-state index contributed by atoms with van der Waals surface area (Å²) in [5.41, 5.74) is 0. The molecule has 0 aromatic carbocycles. The van der Waals surface area contributed by atoms with Gasteiger partial charge in [-0.2, -0.15) is 0 Å². The van der Waals surface area contributed by atoms with Crippen LogP contribution in [0.3, 0.4) is 0 Å². The lowest BCUT2D eigenvalue weighted by atomic mass is 9.95. The van der Waals surface area contributed by atoms with Crippen LogP contribution < -0.4 is 0 Å². The van der Waals surface area contributed by atoms with Gasteiger partial charge >= 0.3 is 11.9 Å². The summed E-state index contributed by atoms with van der Waals surface area (Å²) in [5.74, 6) is -0.238. The second-order valence-electron chi connectivity index (χ2n) is 11.1. The Balaban J connectivity index is 4.06. The maximum Gasteiger partial charge on any atom is 0.308 e. The molecule has 0 aliphatic heterocycles. The predicted molar refractivity (Wildman–Crippen MR) is 158 cm³/mol. The van der Waals surface area contributed by atoms with Gasteiger partial charge in [0.1, 0.15) is 0 Å². The number of carbonyl (C=O) groups excluding carboxylic acids is 2. The van der Waals surface area contributed by atoms with Gasteiger partial charge in [-0.25, -0.2) is 0 Å². The van der Waals surface area contributed by atoms with Gasteiger partial charge in [0.05, 0.1) is 19.1 Å². The summed E-state index contributed by atoms with van der Waals surface area (Å²) in [5, 5.41) is 0. The van der Waals surface area contributed by atoms with Crippen molar-refractivity contribution in [1.29, 1.82) is 0 Å². The maximum absolute atomic E-state index is 12.8. The summed E-state index contributed by atoms with van der Waals surface area (Å²) in [6, 6.07) is 0. The van der Waals surface area contributed by atoms with E-state index in [-0.39, 0.29) is 17.9 Å². The zero-order valence-corrected chi connectivity index (χ0v) is 25.3. The van der Waals surface area contributed by atoms with Crippen LogP contribution in [-0.4, -0.2) is 25.2 Å². The monoisotopic (exact) mass is 524 g/mol. The molecule has 4 heteroatoms. The van der Waals surface area contributed by atoms with E-state index in [0.29, 0.717) is 26.1 Å². The molecule has 0 spiro atoms. The van der Waals surface area contributed by atoms with Crippen molar-refractivity contribution in [2.24, 2.45) is 5.92 Å². The lowest BCUT2D eigenvalue weighted by Crippen LogP contribution is -2.19. The average Bonchev–Trinajstić information content (AvgIpc) is 2.90. The van der Waals surface area contributed by atoms with Crippen LogP contribution in [0.15, 0.2) is 0 Å². The Hall–Kier alpha value is -1.06. The Morgan fingerprint density at radius 3 is 1.32 bits per heavy atom. The number of hydrogen-bond donors (Lipinski definition) is 0. The molecule has 37 heavy (non-hydrogen) atoms. The van der Waals surface area contributed by atoms with E-state index in [4.69, 9.17) is 9.47 Å². The molecule has 0 radical (unpaired) electrons. The van der Waals surface area contributed by atoms with E-state index >= 15 is 0 Å². The minimum atomic E-state index is -0.115. The predicted octanol–water partition coefficient (Wildman–Crippen LogP) is 10.5. The van der Waals surface area contributed by atoms with Gasteiger partial charge in [-0.3, -0.25) is 9.59 Å². The largest absolute Gasteiger partial charge is 0.466 e. The Bertz CT molecular complexity index is 491. The maximum atomic E-state index is 12.8. The second kappa shape index (κ2) is 29.5. The van der Waals surface area contributed by atoms with Crippen molar-refractivity contribution < 1.29 is 19.1 Å². The molecular formula is C33H64O4. The molecule has 1 unspecified atom stereocenters. The summed E-state index contributed by atoms with van der Waals surface area (Å²) in [6.07, 6.45) is 28.6. The highest BCUT2D eigenvalue weighted by Crippen LogP contribution is 2.20. The van der Waals surface area contributed by atoms with Crippen LogP contribution in [0.4, 0.5) is 0 Å². The molecule has 0 heterocycles. The fourth-order valence-corrected chi connectivity index (χ4v) is 4.89. The van der Waals surface area contributed by atoms with E-state index in [1.807, 2.05) is 0 Å². The highest BCUT2D eigenvalue weighted by Gasteiger charge is 2.20. The number of hydrogen-bond acceptors (Lipinski definition) is 4. The standard InChI is InChI=1S/C33H64O4/c1-4-7-10-13-15-16-18-21-24-30-37-33(35)31(26-22-19-12-9-6-3)27-25-28-32(34)36-29-23-20-17-14-11-8-5-2/h31H,4-30H2,1-3H3. The van der Waals surface area contributed by atoms with Gasteiger partial charge in [0.25, 0.3) is 0 Å². The first kappa shape index (κ1) is 35.9. The first-order chi connectivity index (χ1) is 18.2. The third kappa shape index (κ3) is 26.3. The molecule has 220 valence electrons. The number of unbranched alkanes of at least 4 members (excludes halogenated alkanes) is 18. The fourth-order valence-electron chi connectivity index (χ4n) is 4.89. The van der Waals surface area contributed by atoms with Crippen molar-refractivity contribution in [2.45, 2.75) is 181 Å². The highest BCUT2D eigenvalue weighted by molar-refractivity contribution is 5.72. The summed E-state index contributed by atoms with van der Waals surface area (Å²) >= 11 is 0. The molecule has 0 aromatic heterocycles. The number of esters is 2. The summed E-state index contributed by atoms with van der Waals surface area (Å²) in [6.45, 7) is 7.79. The van der Waals surface area contributed by atoms with Crippen molar-refractivity contribution in [1.82, 2.24) is 0 Å². The van der Waals surface area contributed by atoms with Crippen LogP contribution in [0.25, 0.3) is 0 Å². The third-order valence-electron chi connectivity index (χ3n) is 7.43. The lowest BCUT2D eigenvalue weighted by Gasteiger charge is -2.16. The van der Waals surface area contributed by atoms with Gasteiger partial charge < -0.3 is 9.47 Å². The number of rotatable bonds is 29. The second-order valence-corrected chi connectivity index (χ2v) is 11.1. The van der Waals surface area contributed by atoms with Crippen LogP contribution in [-0.2, 0) is 19.1 Å². The van der Waals surface area contributed by atoms with Gasteiger partial charge in [-0.1, -0.05) is 143 Å². The van der Waals surface area contributed by atoms with Gasteiger partial charge in [0, 0.05) is 6.42 Å². The van der Waals surface area contributed by atoms with Crippen molar-refractivity contribution in [3.05, 3.63) is 0 Å². The Morgan fingerprint density at radius 2 is 0.838 bits per heavy atom. The summed E-state index contributed by atoms with van der Waals surface area (Å²) in [4.78, 5) is 24.9. The van der Waals surface area contributed by atoms with E-state index in [1.165, 1.54) is 103 Å². The van der Waals surface area contributed by atoms with E-state index in [2.05, 4.69) is 20.8 Å². The van der Waals surface area contributed by atoms with Gasteiger partial charge in [0.2, 0.25) is 0 Å². The zero-order valence-electron chi connectivity index (χ0n) is 25.3. The Kier molecular flexibility index (Phi) is 28.7. The molecule has 0 saturated heterocycles. The van der Waals surface area contributed by atoms with E-state index in [1.54, 1.807) is 0 Å². The molecule has 0 aliphatic rings. The molecular weight excluding hydrogens is 460 g/mol. The van der Waals surface area contributed by atoms with Crippen molar-refractivity contribution in [3.8, 4) is 0 Å². The molecule has 0 amide bonds. The average molecular weight is 525 g/mol. The first-order valence-electron chi connectivity index (χ1n) is 16.5. The van der Waals surface area contributed by atoms with Crippen LogP contribution in [0.5, 0.6) is 0 Å². The number of ether oxygens (including phenoxy) is 2. The normalized spacial score (nSPS) is 12.0. The van der Waals surface area contributed by atoms with Crippen LogP contribution in [0.1, 0.15) is 181 Å². The highest BCUT2D eigenvalue weighted by atomic mass is 16.5. The van der Waals surface area contributed by atoms with Gasteiger partial charge in [-0.15, -0.1) is 0 Å². The number of carbonyl (C=O) groups is 2. The smallest absolute Gasteiger partial charge is 0.308 e. The molecule has 0 bridgehead atoms. The van der Waals surface area contributed by atoms with Gasteiger partial charge in [-0.05, 0) is 32.1 Å². The molecule has 1 atom stereocenters. The molecule has 0 N–H and O–H groups in total. The van der Waals surface area contributed by atoms with E-state index in [9.17, 15) is 9.59 Å². The van der Waals surface area contributed by atoms with Gasteiger partial charge in [0.15, 0.2) is 0 Å². The first-order valence-corrected chi connectivity index (χ1v) is 16.5. The SMILES string of the molecule is CCCCCCCCCCCOC(=O)C(CCCCCCC)CCCC(=O)OCCCCCCCCC. The van der Waals surface area contributed by atoms with Crippen molar-refractivity contribution in [3.63, 3.8) is 0 Å². The molecule has 0 aliphatic carbocycles. The lowest BCUT2D eigenvalue weighted by molar-refractivity contribution is -0.150. The molecule has 0 aromatic rings. The minimum absolute atomic E-state index is 0.0495. The van der Waals surface area contributed by atoms with E-state index < -0.39 is 0 Å². The third-order valence-corrected chi connectivity index (χ3v) is 7.43. The molecule has 0 fully saturated rings. The van der Waals surface area contributed by atoms with Crippen LogP contribution in [0, 0.1) is 5.92 Å². The Morgan fingerprint density at radius 1 is 0.459 bits per heavy atom. The summed E-state index contributed by atoms with van der Waals surface area (Å²) < 4.78 is 11.1. The summed E-state index contributed by atoms with van der Waals surface area (Å²) in [7, 11) is 0. The minimum Gasteiger partial charge on any atom is -0.466 e. The van der Waals surface area contributed by atoms with E-state index in [0.717, 1.165) is 44.9 Å². The van der Waals surface area contributed by atoms with Crippen LogP contribution in [0.2, 0.25) is 0 Å². The molecule has 0 rings (SSSR count). The fraction of sp³-hybridized carbons (Fsp3) is 0.939. The van der Waals surface area contributed by atoms with Crippen molar-refractivity contribution in [2.75, 3.05) is 13.2 Å². The molecule has 0 saturated carbocycles. The Labute approximate surface area is 231 Å².